The van der Waals surface area contributed by atoms with Crippen molar-refractivity contribution in [2.75, 3.05) is 5.73 Å². The number of ketones is 1. The Morgan fingerprint density at radius 3 is 2.85 bits per heavy atom. The summed E-state index contributed by atoms with van der Waals surface area (Å²) in [5.74, 6) is -0.903. The highest BCUT2D eigenvalue weighted by molar-refractivity contribution is 6.36. The first kappa shape index (κ1) is 9.05. The highest BCUT2D eigenvalue weighted by Gasteiger charge is 2.10. The molecule has 0 bridgehead atoms. The lowest BCUT2D eigenvalue weighted by atomic mass is 10.1. The first-order valence-corrected chi connectivity index (χ1v) is 3.46. The zero-order valence-electron chi connectivity index (χ0n) is 6.64. The number of hydrogen-bond donors (Lipinski definition) is 3. The molecule has 5 nitrogen and oxygen atoms in total. The number of carbonyl (C=O) groups excluding carboxylic acids is 1. The standard InChI is InChI=1S/C8H8N2O3/c9-6-3-1-2-5(8(6)12)7(11)4-10-13/h1-4,12-13H,9H2. The number of rotatable bonds is 2. The van der Waals surface area contributed by atoms with Crippen molar-refractivity contribution in [3.8, 4) is 5.75 Å². The molecule has 5 heteroatoms. The van der Waals surface area contributed by atoms with Crippen LogP contribution in [0.2, 0.25) is 0 Å². The summed E-state index contributed by atoms with van der Waals surface area (Å²) in [4.78, 5) is 11.1. The van der Waals surface area contributed by atoms with E-state index in [1.54, 1.807) is 0 Å². The zero-order valence-corrected chi connectivity index (χ0v) is 6.64. The molecule has 0 saturated carbocycles. The molecule has 0 fully saturated rings. The molecule has 0 radical (unpaired) electrons. The first-order valence-electron chi connectivity index (χ1n) is 3.46. The third-order valence-electron chi connectivity index (χ3n) is 1.51. The second kappa shape index (κ2) is 3.57. The second-order valence-corrected chi connectivity index (χ2v) is 2.35. The van der Waals surface area contributed by atoms with Crippen LogP contribution < -0.4 is 5.73 Å². The Balaban J connectivity index is 3.15. The van der Waals surface area contributed by atoms with Crippen LogP contribution in [0.15, 0.2) is 23.4 Å². The van der Waals surface area contributed by atoms with Crippen molar-refractivity contribution in [3.05, 3.63) is 23.8 Å². The molecule has 4 N–H and O–H groups in total. The van der Waals surface area contributed by atoms with Crippen molar-refractivity contribution >= 4 is 17.7 Å². The summed E-state index contributed by atoms with van der Waals surface area (Å²) in [6.45, 7) is 0. The molecule has 1 aromatic carbocycles. The summed E-state index contributed by atoms with van der Waals surface area (Å²) in [7, 11) is 0. The number of para-hydroxylation sites is 1. The second-order valence-electron chi connectivity index (χ2n) is 2.35. The van der Waals surface area contributed by atoms with Crippen molar-refractivity contribution in [3.63, 3.8) is 0 Å². The summed E-state index contributed by atoms with van der Waals surface area (Å²) in [5, 5.41) is 20.0. The zero-order chi connectivity index (χ0) is 9.84. The summed E-state index contributed by atoms with van der Waals surface area (Å²) in [5.41, 5.74) is 5.47. The van der Waals surface area contributed by atoms with Gasteiger partial charge < -0.3 is 16.0 Å². The van der Waals surface area contributed by atoms with Crippen LogP contribution >= 0.6 is 0 Å². The minimum Gasteiger partial charge on any atom is -0.505 e. The van der Waals surface area contributed by atoms with Gasteiger partial charge in [-0.05, 0) is 12.1 Å². The Morgan fingerprint density at radius 2 is 2.23 bits per heavy atom. The van der Waals surface area contributed by atoms with E-state index in [-0.39, 0.29) is 17.0 Å². The number of nitrogen functional groups attached to an aromatic ring is 1. The third kappa shape index (κ3) is 1.76. The average molecular weight is 180 g/mol. The largest absolute Gasteiger partial charge is 0.505 e. The number of Topliss-reactive ketones (excluding diaryl/α,β-unsaturated/α-hetero) is 1. The molecular weight excluding hydrogens is 172 g/mol. The molecule has 0 aliphatic rings. The number of aromatic hydroxyl groups is 1. The van der Waals surface area contributed by atoms with E-state index in [0.717, 1.165) is 0 Å². The fraction of sp³-hybridized carbons (Fsp3) is 0. The van der Waals surface area contributed by atoms with Crippen LogP contribution in [-0.2, 0) is 0 Å². The van der Waals surface area contributed by atoms with Crippen LogP contribution in [0, 0.1) is 0 Å². The van der Waals surface area contributed by atoms with Crippen molar-refractivity contribution in [1.82, 2.24) is 0 Å². The maximum atomic E-state index is 11.1. The lowest BCUT2D eigenvalue weighted by Crippen LogP contribution is -2.02. The molecule has 0 saturated heterocycles. The average Bonchev–Trinajstić information content (AvgIpc) is 2.10. The van der Waals surface area contributed by atoms with Gasteiger partial charge in [0.2, 0.25) is 5.78 Å². The van der Waals surface area contributed by atoms with Crippen molar-refractivity contribution in [2.45, 2.75) is 0 Å². The third-order valence-corrected chi connectivity index (χ3v) is 1.51. The van der Waals surface area contributed by atoms with Gasteiger partial charge in [-0.25, -0.2) is 0 Å². The van der Waals surface area contributed by atoms with E-state index in [1.165, 1.54) is 18.2 Å². The Labute approximate surface area is 74.1 Å². The Morgan fingerprint density at radius 1 is 1.54 bits per heavy atom. The number of benzene rings is 1. The minimum atomic E-state index is -0.604. The summed E-state index contributed by atoms with van der Waals surface area (Å²) < 4.78 is 0. The Bertz CT molecular complexity index is 360. The lowest BCUT2D eigenvalue weighted by Gasteiger charge is -2.01. The fourth-order valence-electron chi connectivity index (χ4n) is 0.882. The van der Waals surface area contributed by atoms with Crippen molar-refractivity contribution < 1.29 is 15.1 Å². The summed E-state index contributed by atoms with van der Waals surface area (Å²) in [6, 6.07) is 4.37. The normalized spacial score (nSPS) is 10.5. The predicted molar refractivity (Wildman–Crippen MR) is 47.1 cm³/mol. The van der Waals surface area contributed by atoms with E-state index in [9.17, 15) is 9.90 Å². The van der Waals surface area contributed by atoms with E-state index < -0.39 is 5.78 Å². The molecule has 0 spiro atoms. The van der Waals surface area contributed by atoms with Gasteiger partial charge in [0.05, 0.1) is 11.3 Å². The number of nitrogens with two attached hydrogens (primary N) is 1. The van der Waals surface area contributed by atoms with Gasteiger partial charge in [0, 0.05) is 0 Å². The predicted octanol–water partition coefficient (Wildman–Crippen LogP) is 0.617. The molecule has 1 rings (SSSR count). The van der Waals surface area contributed by atoms with Crippen LogP contribution in [0.1, 0.15) is 10.4 Å². The van der Waals surface area contributed by atoms with E-state index >= 15 is 0 Å². The van der Waals surface area contributed by atoms with Gasteiger partial charge in [-0.3, -0.25) is 4.79 Å². The lowest BCUT2D eigenvalue weighted by molar-refractivity contribution is 0.106. The van der Waals surface area contributed by atoms with Crippen molar-refractivity contribution in [1.29, 1.82) is 0 Å². The van der Waals surface area contributed by atoms with E-state index in [4.69, 9.17) is 10.9 Å². The van der Waals surface area contributed by atoms with E-state index in [2.05, 4.69) is 5.16 Å². The van der Waals surface area contributed by atoms with E-state index in [1.807, 2.05) is 0 Å². The van der Waals surface area contributed by atoms with Crippen LogP contribution in [-0.4, -0.2) is 22.3 Å². The number of hydrogen-bond acceptors (Lipinski definition) is 5. The van der Waals surface area contributed by atoms with E-state index in [0.29, 0.717) is 6.21 Å². The smallest absolute Gasteiger partial charge is 0.211 e. The first-order chi connectivity index (χ1) is 6.16. The van der Waals surface area contributed by atoms with Gasteiger partial charge in [0.15, 0.2) is 0 Å². The number of carbonyl (C=O) groups is 1. The number of oxime groups is 1. The molecule has 68 valence electrons. The molecule has 13 heavy (non-hydrogen) atoms. The molecule has 0 heterocycles. The van der Waals surface area contributed by atoms with Gasteiger partial charge in [0.1, 0.15) is 12.0 Å². The topological polar surface area (TPSA) is 95.9 Å². The van der Waals surface area contributed by atoms with Crippen LogP contribution in [0.3, 0.4) is 0 Å². The van der Waals surface area contributed by atoms with Gasteiger partial charge >= 0.3 is 0 Å². The van der Waals surface area contributed by atoms with Gasteiger partial charge in [-0.1, -0.05) is 11.2 Å². The molecule has 0 unspecified atom stereocenters. The van der Waals surface area contributed by atoms with Gasteiger partial charge in [-0.2, -0.15) is 0 Å². The molecule has 0 aromatic heterocycles. The number of anilines is 1. The van der Waals surface area contributed by atoms with Crippen molar-refractivity contribution in [2.24, 2.45) is 5.16 Å². The van der Waals surface area contributed by atoms with Crippen LogP contribution in [0.5, 0.6) is 5.75 Å². The molecule has 0 amide bonds. The summed E-state index contributed by atoms with van der Waals surface area (Å²) in [6.07, 6.45) is 0.689. The maximum Gasteiger partial charge on any atom is 0.211 e. The fourth-order valence-corrected chi connectivity index (χ4v) is 0.882. The van der Waals surface area contributed by atoms with Crippen LogP contribution in [0.25, 0.3) is 0 Å². The monoisotopic (exact) mass is 180 g/mol. The summed E-state index contributed by atoms with van der Waals surface area (Å²) >= 11 is 0. The Kier molecular flexibility index (Phi) is 2.49. The van der Waals surface area contributed by atoms with Gasteiger partial charge in [0.25, 0.3) is 0 Å². The molecule has 1 aromatic rings. The highest BCUT2D eigenvalue weighted by atomic mass is 16.4. The molecule has 0 aliphatic carbocycles. The number of phenolic OH excluding ortho intramolecular Hbond substituents is 1. The maximum absolute atomic E-state index is 11.1. The Hall–Kier alpha value is -2.04. The molecule has 0 atom stereocenters. The van der Waals surface area contributed by atoms with Gasteiger partial charge in [-0.15, -0.1) is 0 Å². The molecule has 0 aliphatic heterocycles. The van der Waals surface area contributed by atoms with Crippen LogP contribution in [0.4, 0.5) is 5.69 Å². The highest BCUT2D eigenvalue weighted by Crippen LogP contribution is 2.24. The SMILES string of the molecule is Nc1cccc(C(=O)C=NO)c1O. The molecular formula is C8H8N2O3. The quantitative estimate of drug-likeness (QED) is 0.155. The number of nitrogens with zero attached hydrogens (tertiary/aromatic N) is 1. The minimum absolute atomic E-state index is 0.0119. The number of phenols is 1.